The van der Waals surface area contributed by atoms with Gasteiger partial charge in [0.2, 0.25) is 5.89 Å². The molecule has 0 aliphatic carbocycles. The van der Waals surface area contributed by atoms with Crippen molar-refractivity contribution in [2.45, 2.75) is 13.8 Å². The monoisotopic (exact) mass is 282 g/mol. The molecular weight excluding hydrogens is 268 g/mol. The van der Waals surface area contributed by atoms with Gasteiger partial charge in [-0.05, 0) is 26.0 Å². The zero-order chi connectivity index (χ0) is 14.8. The van der Waals surface area contributed by atoms with Crippen LogP contribution in [0.4, 0.5) is 0 Å². The lowest BCUT2D eigenvalue weighted by Crippen LogP contribution is -2.06. The fraction of sp³-hybridized carbons (Fsp3) is 0.188. The van der Waals surface area contributed by atoms with E-state index in [0.717, 1.165) is 10.9 Å². The number of fused-ring (bicyclic) bond motifs is 1. The topological polar surface area (TPSA) is 65.2 Å². The number of nitrogens with zero attached hydrogens (tertiary/aromatic N) is 2. The molecule has 2 aromatic heterocycles. The summed E-state index contributed by atoms with van der Waals surface area (Å²) in [5, 5.41) is 1.04. The van der Waals surface area contributed by atoms with Crippen LogP contribution in [0.2, 0.25) is 0 Å². The fourth-order valence-corrected chi connectivity index (χ4v) is 2.08. The zero-order valence-electron chi connectivity index (χ0n) is 11.8. The van der Waals surface area contributed by atoms with Crippen LogP contribution in [0.15, 0.2) is 40.8 Å². The van der Waals surface area contributed by atoms with Gasteiger partial charge in [-0.25, -0.2) is 14.8 Å². The van der Waals surface area contributed by atoms with Crippen molar-refractivity contribution in [1.82, 2.24) is 9.97 Å². The summed E-state index contributed by atoms with van der Waals surface area (Å²) < 4.78 is 10.5. The second-order valence-corrected chi connectivity index (χ2v) is 4.53. The molecule has 0 spiro atoms. The van der Waals surface area contributed by atoms with Crippen LogP contribution < -0.4 is 0 Å². The van der Waals surface area contributed by atoms with E-state index in [2.05, 4.69) is 9.97 Å². The molecule has 0 saturated heterocycles. The Morgan fingerprint density at radius 3 is 2.81 bits per heavy atom. The third kappa shape index (κ3) is 2.50. The minimum atomic E-state index is -0.481. The van der Waals surface area contributed by atoms with E-state index in [1.54, 1.807) is 13.8 Å². The van der Waals surface area contributed by atoms with Crippen molar-refractivity contribution >= 4 is 16.9 Å². The number of rotatable bonds is 3. The first-order valence-electron chi connectivity index (χ1n) is 6.69. The first kappa shape index (κ1) is 13.3. The molecule has 5 nitrogen and oxygen atoms in total. The van der Waals surface area contributed by atoms with Gasteiger partial charge in [0.15, 0.2) is 5.69 Å². The molecule has 0 radical (unpaired) electrons. The Balaban J connectivity index is 2.02. The first-order valence-corrected chi connectivity index (χ1v) is 6.69. The number of hydrogen-bond acceptors (Lipinski definition) is 5. The van der Waals surface area contributed by atoms with E-state index in [-0.39, 0.29) is 5.69 Å². The first-order chi connectivity index (χ1) is 10.2. The van der Waals surface area contributed by atoms with Gasteiger partial charge in [0, 0.05) is 5.39 Å². The predicted octanol–water partition coefficient (Wildman–Crippen LogP) is 3.37. The number of oxazole rings is 1. The number of esters is 1. The Bertz CT molecular complexity index is 808. The fourth-order valence-electron chi connectivity index (χ4n) is 2.08. The van der Waals surface area contributed by atoms with Crippen molar-refractivity contribution in [3.8, 4) is 11.6 Å². The Labute approximate surface area is 121 Å². The number of para-hydroxylation sites is 1. The van der Waals surface area contributed by atoms with Gasteiger partial charge < -0.3 is 9.15 Å². The number of carbonyl (C=O) groups is 1. The van der Waals surface area contributed by atoms with E-state index in [4.69, 9.17) is 9.15 Å². The SMILES string of the molecule is CCOC(=O)c1nc(-c2ccc3ccccc3n2)oc1C. The van der Waals surface area contributed by atoms with Crippen LogP contribution in [0.3, 0.4) is 0 Å². The quantitative estimate of drug-likeness (QED) is 0.689. The highest BCUT2D eigenvalue weighted by molar-refractivity contribution is 5.89. The van der Waals surface area contributed by atoms with Gasteiger partial charge in [-0.3, -0.25) is 0 Å². The summed E-state index contributed by atoms with van der Waals surface area (Å²) >= 11 is 0. The van der Waals surface area contributed by atoms with Crippen LogP contribution in [0.5, 0.6) is 0 Å². The summed E-state index contributed by atoms with van der Waals surface area (Å²) in [5.41, 5.74) is 1.64. The molecule has 0 aliphatic rings. The second-order valence-electron chi connectivity index (χ2n) is 4.53. The highest BCUT2D eigenvalue weighted by atomic mass is 16.5. The van der Waals surface area contributed by atoms with Gasteiger partial charge >= 0.3 is 5.97 Å². The van der Waals surface area contributed by atoms with Crippen LogP contribution >= 0.6 is 0 Å². The molecule has 106 valence electrons. The van der Waals surface area contributed by atoms with E-state index in [9.17, 15) is 4.79 Å². The summed E-state index contributed by atoms with van der Waals surface area (Å²) in [4.78, 5) is 20.5. The number of carbonyl (C=O) groups excluding carboxylic acids is 1. The molecule has 0 saturated carbocycles. The largest absolute Gasteiger partial charge is 0.461 e. The summed E-state index contributed by atoms with van der Waals surface area (Å²) in [6.45, 7) is 3.73. The van der Waals surface area contributed by atoms with Crippen LogP contribution in [0, 0.1) is 6.92 Å². The minimum Gasteiger partial charge on any atom is -0.461 e. The number of aryl methyl sites for hydroxylation is 1. The Morgan fingerprint density at radius 1 is 1.19 bits per heavy atom. The molecule has 3 rings (SSSR count). The highest BCUT2D eigenvalue weighted by Crippen LogP contribution is 2.23. The molecule has 3 aromatic rings. The van der Waals surface area contributed by atoms with Crippen LogP contribution in [0.25, 0.3) is 22.5 Å². The molecule has 0 bridgehead atoms. The van der Waals surface area contributed by atoms with Crippen LogP contribution in [0.1, 0.15) is 23.2 Å². The maximum absolute atomic E-state index is 11.8. The Kier molecular flexibility index (Phi) is 3.39. The average Bonchev–Trinajstić information content (AvgIpc) is 2.89. The van der Waals surface area contributed by atoms with E-state index >= 15 is 0 Å². The molecule has 5 heteroatoms. The van der Waals surface area contributed by atoms with Crippen LogP contribution in [-0.2, 0) is 4.74 Å². The third-order valence-corrected chi connectivity index (χ3v) is 3.08. The van der Waals surface area contributed by atoms with Gasteiger partial charge in [-0.1, -0.05) is 24.3 Å². The number of benzene rings is 1. The predicted molar refractivity (Wildman–Crippen MR) is 77.9 cm³/mol. The number of hydrogen-bond donors (Lipinski definition) is 0. The number of ether oxygens (including phenoxy) is 1. The Hall–Kier alpha value is -2.69. The Morgan fingerprint density at radius 2 is 2.00 bits per heavy atom. The van der Waals surface area contributed by atoms with E-state index < -0.39 is 5.97 Å². The van der Waals surface area contributed by atoms with Crippen molar-refractivity contribution in [3.05, 3.63) is 47.9 Å². The summed E-state index contributed by atoms with van der Waals surface area (Å²) in [7, 11) is 0. The summed E-state index contributed by atoms with van der Waals surface area (Å²) in [5.74, 6) is 0.269. The lowest BCUT2D eigenvalue weighted by Gasteiger charge is -1.98. The number of pyridine rings is 1. The second kappa shape index (κ2) is 5.36. The normalized spacial score (nSPS) is 10.8. The maximum atomic E-state index is 11.8. The van der Waals surface area contributed by atoms with E-state index in [1.165, 1.54) is 0 Å². The molecule has 2 heterocycles. The van der Waals surface area contributed by atoms with Gasteiger partial charge in [-0.2, -0.15) is 0 Å². The smallest absolute Gasteiger partial charge is 0.360 e. The molecule has 0 fully saturated rings. The third-order valence-electron chi connectivity index (χ3n) is 3.08. The van der Waals surface area contributed by atoms with Gasteiger partial charge in [0.05, 0.1) is 12.1 Å². The van der Waals surface area contributed by atoms with Crippen molar-refractivity contribution < 1.29 is 13.9 Å². The van der Waals surface area contributed by atoms with Crippen LogP contribution in [-0.4, -0.2) is 22.5 Å². The van der Waals surface area contributed by atoms with E-state index in [0.29, 0.717) is 24.0 Å². The summed E-state index contributed by atoms with van der Waals surface area (Å²) in [6.07, 6.45) is 0. The zero-order valence-corrected chi connectivity index (χ0v) is 11.8. The van der Waals surface area contributed by atoms with E-state index in [1.807, 2.05) is 36.4 Å². The lowest BCUT2D eigenvalue weighted by atomic mass is 10.2. The summed E-state index contributed by atoms with van der Waals surface area (Å²) in [6, 6.07) is 11.5. The molecule has 0 amide bonds. The van der Waals surface area contributed by atoms with Gasteiger partial charge in [-0.15, -0.1) is 0 Å². The molecule has 0 unspecified atom stereocenters. The average molecular weight is 282 g/mol. The molecular formula is C16H14N2O3. The molecule has 1 aromatic carbocycles. The molecule has 21 heavy (non-hydrogen) atoms. The van der Waals surface area contributed by atoms with Crippen molar-refractivity contribution in [3.63, 3.8) is 0 Å². The van der Waals surface area contributed by atoms with Gasteiger partial charge in [0.25, 0.3) is 0 Å². The van der Waals surface area contributed by atoms with Crippen molar-refractivity contribution in [1.29, 1.82) is 0 Å². The maximum Gasteiger partial charge on any atom is 0.360 e. The lowest BCUT2D eigenvalue weighted by molar-refractivity contribution is 0.0518. The van der Waals surface area contributed by atoms with Crippen molar-refractivity contribution in [2.75, 3.05) is 6.61 Å². The van der Waals surface area contributed by atoms with Gasteiger partial charge in [0.1, 0.15) is 11.5 Å². The molecule has 0 aliphatic heterocycles. The highest BCUT2D eigenvalue weighted by Gasteiger charge is 2.19. The van der Waals surface area contributed by atoms with Crippen molar-refractivity contribution in [2.24, 2.45) is 0 Å². The molecule has 0 atom stereocenters. The standard InChI is InChI=1S/C16H14N2O3/c1-3-20-16(19)14-10(2)21-15(18-14)13-9-8-11-6-4-5-7-12(11)17-13/h4-9H,3H2,1-2H3. The minimum absolute atomic E-state index is 0.196. The number of aromatic nitrogens is 2. The molecule has 0 N–H and O–H groups in total.